The Kier molecular flexibility index (Phi) is 3.85. The third kappa shape index (κ3) is 2.62. The standard InChI is InChI=1S/C16H16FN5O3/c1-23-10-5-3-4-9(13(10)24-2)19-14-12-15(21-16(17)20-14)22(8-18-12)11-6-7-25-11/h3-5,8,11H,6-7H2,1-2H3,(H,19,20,21). The molecule has 25 heavy (non-hydrogen) atoms. The molecule has 2 aromatic heterocycles. The molecule has 1 saturated heterocycles. The third-order valence-corrected chi connectivity index (χ3v) is 4.04. The first-order chi connectivity index (χ1) is 12.2. The minimum absolute atomic E-state index is 0.168. The second-order valence-corrected chi connectivity index (χ2v) is 5.45. The molecule has 0 amide bonds. The molecule has 1 aliphatic rings. The second kappa shape index (κ2) is 6.17. The highest BCUT2D eigenvalue weighted by Gasteiger charge is 2.24. The van der Waals surface area contributed by atoms with Gasteiger partial charge in [-0.1, -0.05) is 6.07 Å². The fourth-order valence-electron chi connectivity index (χ4n) is 2.74. The molecule has 130 valence electrons. The maximum absolute atomic E-state index is 14.0. The van der Waals surface area contributed by atoms with E-state index in [0.29, 0.717) is 35.0 Å². The van der Waals surface area contributed by atoms with Crippen molar-refractivity contribution in [3.8, 4) is 11.5 Å². The van der Waals surface area contributed by atoms with Crippen molar-refractivity contribution in [1.82, 2.24) is 19.5 Å². The molecule has 1 unspecified atom stereocenters. The van der Waals surface area contributed by atoms with E-state index in [9.17, 15) is 4.39 Å². The van der Waals surface area contributed by atoms with Crippen molar-refractivity contribution in [3.63, 3.8) is 0 Å². The molecule has 1 N–H and O–H groups in total. The van der Waals surface area contributed by atoms with Crippen molar-refractivity contribution < 1.29 is 18.6 Å². The van der Waals surface area contributed by atoms with E-state index in [4.69, 9.17) is 14.2 Å². The Hall–Kier alpha value is -2.94. The van der Waals surface area contributed by atoms with E-state index in [1.807, 2.05) is 0 Å². The smallest absolute Gasteiger partial charge is 0.312 e. The Morgan fingerprint density at radius 3 is 2.80 bits per heavy atom. The van der Waals surface area contributed by atoms with E-state index >= 15 is 0 Å². The summed E-state index contributed by atoms with van der Waals surface area (Å²) in [6.45, 7) is 0.671. The molecule has 1 aliphatic heterocycles. The summed E-state index contributed by atoms with van der Waals surface area (Å²) in [6.07, 6.45) is 1.40. The summed E-state index contributed by atoms with van der Waals surface area (Å²) in [7, 11) is 3.08. The van der Waals surface area contributed by atoms with Crippen molar-refractivity contribution in [3.05, 3.63) is 30.6 Å². The predicted octanol–water partition coefficient (Wildman–Crippen LogP) is 2.65. The van der Waals surface area contributed by atoms with Crippen LogP contribution in [-0.4, -0.2) is 40.3 Å². The highest BCUT2D eigenvalue weighted by Crippen LogP contribution is 2.37. The Labute approximate surface area is 142 Å². The molecular weight excluding hydrogens is 329 g/mol. The van der Waals surface area contributed by atoms with Gasteiger partial charge in [-0.25, -0.2) is 4.98 Å². The SMILES string of the molecule is COc1cccc(Nc2nc(F)nc3c2ncn3C2CCO2)c1OC. The largest absolute Gasteiger partial charge is 0.493 e. The minimum atomic E-state index is -0.849. The lowest BCUT2D eigenvalue weighted by molar-refractivity contribution is -0.0974. The van der Waals surface area contributed by atoms with E-state index in [1.54, 1.807) is 36.2 Å². The zero-order valence-corrected chi connectivity index (χ0v) is 13.7. The number of benzene rings is 1. The van der Waals surface area contributed by atoms with Crippen LogP contribution in [0.4, 0.5) is 15.9 Å². The van der Waals surface area contributed by atoms with E-state index in [-0.39, 0.29) is 12.0 Å². The molecule has 1 fully saturated rings. The van der Waals surface area contributed by atoms with Gasteiger partial charge in [0.1, 0.15) is 6.23 Å². The van der Waals surface area contributed by atoms with Crippen LogP contribution in [0.1, 0.15) is 12.6 Å². The molecular formula is C16H16FN5O3. The number of ether oxygens (including phenoxy) is 3. The van der Waals surface area contributed by atoms with Crippen molar-refractivity contribution in [1.29, 1.82) is 0 Å². The first-order valence-electron chi connectivity index (χ1n) is 7.71. The van der Waals surface area contributed by atoms with Gasteiger partial charge in [0, 0.05) is 6.42 Å². The number of aromatic nitrogens is 4. The van der Waals surface area contributed by atoms with Crippen molar-refractivity contribution >= 4 is 22.7 Å². The van der Waals surface area contributed by atoms with E-state index in [2.05, 4.69) is 20.3 Å². The number of rotatable bonds is 5. The molecule has 9 heteroatoms. The van der Waals surface area contributed by atoms with Gasteiger partial charge in [-0.05, 0) is 12.1 Å². The summed E-state index contributed by atoms with van der Waals surface area (Å²) in [5.74, 6) is 1.28. The lowest BCUT2D eigenvalue weighted by Gasteiger charge is -2.27. The van der Waals surface area contributed by atoms with Gasteiger partial charge in [-0.2, -0.15) is 14.4 Å². The molecule has 3 heterocycles. The molecule has 1 aromatic carbocycles. The number of nitrogens with zero attached hydrogens (tertiary/aromatic N) is 4. The van der Waals surface area contributed by atoms with Crippen LogP contribution in [0.5, 0.6) is 11.5 Å². The van der Waals surface area contributed by atoms with Gasteiger partial charge in [0.05, 0.1) is 32.8 Å². The first kappa shape index (κ1) is 15.6. The van der Waals surface area contributed by atoms with Gasteiger partial charge in [0.2, 0.25) is 0 Å². The number of methoxy groups -OCH3 is 2. The number of fused-ring (bicyclic) bond motifs is 1. The second-order valence-electron chi connectivity index (χ2n) is 5.45. The fourth-order valence-corrected chi connectivity index (χ4v) is 2.74. The maximum atomic E-state index is 14.0. The van der Waals surface area contributed by atoms with Gasteiger partial charge in [-0.15, -0.1) is 0 Å². The van der Waals surface area contributed by atoms with Crippen LogP contribution in [0.3, 0.4) is 0 Å². The van der Waals surface area contributed by atoms with Crippen LogP contribution in [0.15, 0.2) is 24.5 Å². The Morgan fingerprint density at radius 2 is 2.12 bits per heavy atom. The summed E-state index contributed by atoms with van der Waals surface area (Å²) < 4.78 is 31.8. The van der Waals surface area contributed by atoms with E-state index in [0.717, 1.165) is 6.42 Å². The number of anilines is 2. The lowest BCUT2D eigenvalue weighted by Crippen LogP contribution is -2.24. The Bertz CT molecular complexity index is 926. The van der Waals surface area contributed by atoms with Crippen LogP contribution in [0.2, 0.25) is 0 Å². The van der Waals surface area contributed by atoms with Crippen LogP contribution in [-0.2, 0) is 4.74 Å². The number of hydrogen-bond donors (Lipinski definition) is 1. The number of hydrogen-bond acceptors (Lipinski definition) is 7. The van der Waals surface area contributed by atoms with E-state index in [1.165, 1.54) is 7.11 Å². The zero-order chi connectivity index (χ0) is 17.4. The number of nitrogens with one attached hydrogen (secondary N) is 1. The van der Waals surface area contributed by atoms with Gasteiger partial charge < -0.3 is 19.5 Å². The molecule has 1 atom stereocenters. The minimum Gasteiger partial charge on any atom is -0.493 e. The van der Waals surface area contributed by atoms with Crippen molar-refractivity contribution in [2.45, 2.75) is 12.6 Å². The quantitative estimate of drug-likeness (QED) is 0.712. The highest BCUT2D eigenvalue weighted by atomic mass is 19.1. The van der Waals surface area contributed by atoms with Gasteiger partial charge in [-0.3, -0.25) is 4.57 Å². The molecule has 0 spiro atoms. The molecule has 0 aliphatic carbocycles. The van der Waals surface area contributed by atoms with Crippen LogP contribution < -0.4 is 14.8 Å². The van der Waals surface area contributed by atoms with Crippen LogP contribution in [0.25, 0.3) is 11.2 Å². The van der Waals surface area contributed by atoms with E-state index < -0.39 is 6.08 Å². The van der Waals surface area contributed by atoms with Crippen molar-refractivity contribution in [2.75, 3.05) is 26.1 Å². The third-order valence-electron chi connectivity index (χ3n) is 4.04. The Balaban J connectivity index is 1.78. The average Bonchev–Trinajstić information content (AvgIpc) is 2.96. The monoisotopic (exact) mass is 345 g/mol. The van der Waals surface area contributed by atoms with Gasteiger partial charge in [0.25, 0.3) is 0 Å². The maximum Gasteiger partial charge on any atom is 0.312 e. The number of imidazole rings is 1. The van der Waals surface area contributed by atoms with Crippen molar-refractivity contribution in [2.24, 2.45) is 0 Å². The van der Waals surface area contributed by atoms with Crippen LogP contribution >= 0.6 is 0 Å². The lowest BCUT2D eigenvalue weighted by atomic mass is 10.2. The van der Waals surface area contributed by atoms with Gasteiger partial charge in [0.15, 0.2) is 28.5 Å². The fraction of sp³-hybridized carbons (Fsp3) is 0.312. The van der Waals surface area contributed by atoms with Crippen LogP contribution in [0, 0.1) is 6.08 Å². The average molecular weight is 345 g/mol. The topological polar surface area (TPSA) is 83.3 Å². The molecule has 0 saturated carbocycles. The highest BCUT2D eigenvalue weighted by molar-refractivity contribution is 5.86. The zero-order valence-electron chi connectivity index (χ0n) is 13.7. The number of halogens is 1. The molecule has 4 rings (SSSR count). The number of para-hydroxylation sites is 1. The Morgan fingerprint density at radius 1 is 1.28 bits per heavy atom. The molecule has 0 bridgehead atoms. The normalized spacial score (nSPS) is 16.5. The molecule has 0 radical (unpaired) electrons. The molecule has 3 aromatic rings. The summed E-state index contributed by atoms with van der Waals surface area (Å²) >= 11 is 0. The first-order valence-corrected chi connectivity index (χ1v) is 7.71. The summed E-state index contributed by atoms with van der Waals surface area (Å²) in [4.78, 5) is 12.0. The summed E-state index contributed by atoms with van der Waals surface area (Å²) in [5.41, 5.74) is 1.40. The summed E-state index contributed by atoms with van der Waals surface area (Å²) in [5, 5.41) is 3.06. The summed E-state index contributed by atoms with van der Waals surface area (Å²) in [6, 6.07) is 5.33. The predicted molar refractivity (Wildman–Crippen MR) is 87.7 cm³/mol. The molecule has 8 nitrogen and oxygen atoms in total. The van der Waals surface area contributed by atoms with Gasteiger partial charge >= 0.3 is 6.08 Å².